The van der Waals surface area contributed by atoms with Gasteiger partial charge in [0.2, 0.25) is 0 Å². The van der Waals surface area contributed by atoms with E-state index in [0.29, 0.717) is 12.1 Å². The van der Waals surface area contributed by atoms with Crippen LogP contribution in [0.2, 0.25) is 0 Å². The average Bonchev–Trinajstić information content (AvgIpc) is 2.39. The van der Waals surface area contributed by atoms with E-state index in [2.05, 4.69) is 26.1 Å². The molecule has 0 aliphatic carbocycles. The average molecular weight is 241 g/mol. The number of hydrogen-bond acceptors (Lipinski definition) is 2. The van der Waals surface area contributed by atoms with E-state index in [0.717, 1.165) is 19.1 Å². The zero-order valence-corrected chi connectivity index (χ0v) is 12.0. The third kappa shape index (κ3) is 4.97. The molecule has 102 valence electrons. The van der Waals surface area contributed by atoms with Gasteiger partial charge in [-0.15, -0.1) is 0 Å². The second kappa shape index (κ2) is 8.93. The van der Waals surface area contributed by atoms with Crippen LogP contribution in [-0.2, 0) is 4.74 Å². The lowest BCUT2D eigenvalue weighted by atomic mass is 9.87. The summed E-state index contributed by atoms with van der Waals surface area (Å²) in [4.78, 5) is 0. The van der Waals surface area contributed by atoms with E-state index < -0.39 is 0 Å². The first-order chi connectivity index (χ1) is 8.33. The van der Waals surface area contributed by atoms with Crippen molar-refractivity contribution in [2.75, 3.05) is 13.2 Å². The van der Waals surface area contributed by atoms with E-state index in [9.17, 15) is 0 Å². The number of ether oxygens (including phenoxy) is 1. The third-order valence-corrected chi connectivity index (χ3v) is 4.07. The minimum Gasteiger partial charge on any atom is -0.375 e. The molecule has 1 aliphatic heterocycles. The Bertz CT molecular complexity index is 184. The van der Waals surface area contributed by atoms with Crippen molar-refractivity contribution in [1.82, 2.24) is 5.32 Å². The highest BCUT2D eigenvalue weighted by Crippen LogP contribution is 2.25. The Kier molecular flexibility index (Phi) is 7.87. The number of nitrogens with one attached hydrogen (secondary N) is 1. The van der Waals surface area contributed by atoms with Gasteiger partial charge in [0, 0.05) is 12.6 Å². The summed E-state index contributed by atoms with van der Waals surface area (Å²) in [7, 11) is 0. The van der Waals surface area contributed by atoms with Crippen molar-refractivity contribution in [2.24, 2.45) is 5.92 Å². The summed E-state index contributed by atoms with van der Waals surface area (Å²) in [5.74, 6) is 0.754. The smallest absolute Gasteiger partial charge is 0.0756 e. The molecule has 0 aromatic rings. The number of rotatable bonds is 8. The summed E-state index contributed by atoms with van der Waals surface area (Å²) in [6.45, 7) is 8.78. The van der Waals surface area contributed by atoms with Gasteiger partial charge < -0.3 is 10.1 Å². The van der Waals surface area contributed by atoms with Crippen LogP contribution in [0.25, 0.3) is 0 Å². The van der Waals surface area contributed by atoms with Crippen LogP contribution in [-0.4, -0.2) is 25.3 Å². The fourth-order valence-electron chi connectivity index (χ4n) is 2.95. The van der Waals surface area contributed by atoms with Crippen molar-refractivity contribution in [2.45, 2.75) is 77.9 Å². The second-order valence-corrected chi connectivity index (χ2v) is 5.32. The fourth-order valence-corrected chi connectivity index (χ4v) is 2.95. The van der Waals surface area contributed by atoms with E-state index in [4.69, 9.17) is 4.74 Å². The highest BCUT2D eigenvalue weighted by Gasteiger charge is 2.30. The lowest BCUT2D eigenvalue weighted by Crippen LogP contribution is -2.51. The number of unbranched alkanes of at least 4 members (excludes halogenated alkanes) is 3. The Morgan fingerprint density at radius 3 is 2.65 bits per heavy atom. The molecule has 2 nitrogen and oxygen atoms in total. The fraction of sp³-hybridized carbons (Fsp3) is 1.00. The zero-order valence-electron chi connectivity index (χ0n) is 12.0. The first-order valence-corrected chi connectivity index (χ1v) is 7.68. The molecule has 17 heavy (non-hydrogen) atoms. The van der Waals surface area contributed by atoms with Gasteiger partial charge in [0.25, 0.3) is 0 Å². The maximum absolute atomic E-state index is 6.03. The van der Waals surface area contributed by atoms with E-state index >= 15 is 0 Å². The van der Waals surface area contributed by atoms with Gasteiger partial charge in [0.05, 0.1) is 12.7 Å². The van der Waals surface area contributed by atoms with E-state index in [-0.39, 0.29) is 0 Å². The van der Waals surface area contributed by atoms with Crippen LogP contribution in [0.4, 0.5) is 0 Å². The molecule has 1 fully saturated rings. The van der Waals surface area contributed by atoms with Crippen molar-refractivity contribution in [3.8, 4) is 0 Å². The summed E-state index contributed by atoms with van der Waals surface area (Å²) < 4.78 is 6.03. The van der Waals surface area contributed by atoms with Gasteiger partial charge in [-0.3, -0.25) is 0 Å². The van der Waals surface area contributed by atoms with Crippen molar-refractivity contribution in [1.29, 1.82) is 0 Å². The SMILES string of the molecule is CCCCCCC(CC)[C@@H]1OCCNC1CC. The summed E-state index contributed by atoms with van der Waals surface area (Å²) in [5, 5.41) is 3.61. The van der Waals surface area contributed by atoms with Gasteiger partial charge in [-0.05, 0) is 18.8 Å². The highest BCUT2D eigenvalue weighted by atomic mass is 16.5. The largest absolute Gasteiger partial charge is 0.375 e. The Balaban J connectivity index is 2.35. The molecule has 0 saturated carbocycles. The van der Waals surface area contributed by atoms with Crippen LogP contribution in [0, 0.1) is 5.92 Å². The molecule has 1 aliphatic rings. The Morgan fingerprint density at radius 1 is 1.18 bits per heavy atom. The number of morpholine rings is 1. The maximum atomic E-state index is 6.03. The van der Waals surface area contributed by atoms with Crippen molar-refractivity contribution < 1.29 is 4.74 Å². The lowest BCUT2D eigenvalue weighted by molar-refractivity contribution is -0.0438. The van der Waals surface area contributed by atoms with Gasteiger partial charge in [-0.1, -0.05) is 52.9 Å². The van der Waals surface area contributed by atoms with E-state index in [1.807, 2.05) is 0 Å². The van der Waals surface area contributed by atoms with Crippen LogP contribution in [0.15, 0.2) is 0 Å². The molecule has 0 spiro atoms. The first kappa shape index (κ1) is 15.0. The highest BCUT2D eigenvalue weighted by molar-refractivity contribution is 4.84. The van der Waals surface area contributed by atoms with Crippen molar-refractivity contribution in [3.05, 3.63) is 0 Å². The quantitative estimate of drug-likeness (QED) is 0.653. The molecule has 0 aromatic heterocycles. The monoisotopic (exact) mass is 241 g/mol. The molecule has 2 heteroatoms. The predicted molar refractivity (Wildman–Crippen MR) is 74.4 cm³/mol. The topological polar surface area (TPSA) is 21.3 Å². The van der Waals surface area contributed by atoms with Gasteiger partial charge in [0.1, 0.15) is 0 Å². The molecule has 0 aromatic carbocycles. The van der Waals surface area contributed by atoms with Crippen LogP contribution in [0.5, 0.6) is 0 Å². The molecule has 1 rings (SSSR count). The third-order valence-electron chi connectivity index (χ3n) is 4.07. The predicted octanol–water partition coefficient (Wildman–Crippen LogP) is 3.75. The van der Waals surface area contributed by atoms with Crippen LogP contribution in [0.3, 0.4) is 0 Å². The van der Waals surface area contributed by atoms with Crippen molar-refractivity contribution >= 4 is 0 Å². The summed E-state index contributed by atoms with van der Waals surface area (Å²) >= 11 is 0. The molecule has 3 atom stereocenters. The summed E-state index contributed by atoms with van der Waals surface area (Å²) in [5.41, 5.74) is 0. The Labute approximate surface area is 108 Å². The normalized spacial score (nSPS) is 27.0. The standard InChI is InChI=1S/C15H31NO/c1-4-7-8-9-10-13(5-2)15-14(6-3)16-11-12-17-15/h13-16H,4-12H2,1-3H3/t13?,14?,15-/m0/s1. The molecule has 0 bridgehead atoms. The molecule has 0 radical (unpaired) electrons. The zero-order chi connectivity index (χ0) is 12.5. The van der Waals surface area contributed by atoms with Crippen LogP contribution in [0.1, 0.15) is 65.7 Å². The van der Waals surface area contributed by atoms with Crippen molar-refractivity contribution in [3.63, 3.8) is 0 Å². The van der Waals surface area contributed by atoms with Crippen LogP contribution >= 0.6 is 0 Å². The Hall–Kier alpha value is -0.0800. The lowest BCUT2D eigenvalue weighted by Gasteiger charge is -2.37. The maximum Gasteiger partial charge on any atom is 0.0756 e. The molecule has 0 amide bonds. The molecule has 1 N–H and O–H groups in total. The molecular weight excluding hydrogens is 210 g/mol. The summed E-state index contributed by atoms with van der Waals surface area (Å²) in [6.07, 6.45) is 9.74. The van der Waals surface area contributed by atoms with Gasteiger partial charge in [0.15, 0.2) is 0 Å². The van der Waals surface area contributed by atoms with Gasteiger partial charge >= 0.3 is 0 Å². The molecular formula is C15H31NO. The molecule has 1 saturated heterocycles. The van der Waals surface area contributed by atoms with E-state index in [1.54, 1.807) is 0 Å². The minimum atomic E-state index is 0.459. The van der Waals surface area contributed by atoms with Crippen LogP contribution < -0.4 is 5.32 Å². The number of hydrogen-bond donors (Lipinski definition) is 1. The van der Waals surface area contributed by atoms with Gasteiger partial charge in [-0.25, -0.2) is 0 Å². The Morgan fingerprint density at radius 2 is 2.00 bits per heavy atom. The molecule has 2 unspecified atom stereocenters. The second-order valence-electron chi connectivity index (χ2n) is 5.32. The molecule has 1 heterocycles. The van der Waals surface area contributed by atoms with Gasteiger partial charge in [-0.2, -0.15) is 0 Å². The summed E-state index contributed by atoms with van der Waals surface area (Å²) in [6, 6.07) is 0.583. The first-order valence-electron chi connectivity index (χ1n) is 7.68. The van der Waals surface area contributed by atoms with E-state index in [1.165, 1.54) is 44.9 Å². The minimum absolute atomic E-state index is 0.459.